The average Bonchev–Trinajstić information content (AvgIpc) is 2.43. The summed E-state index contributed by atoms with van der Waals surface area (Å²) in [5.41, 5.74) is 1.76. The van der Waals surface area contributed by atoms with Gasteiger partial charge >= 0.3 is 0 Å². The zero-order chi connectivity index (χ0) is 14.7. The first-order chi connectivity index (χ1) is 9.52. The van der Waals surface area contributed by atoms with Crippen LogP contribution in [-0.2, 0) is 0 Å². The van der Waals surface area contributed by atoms with Crippen molar-refractivity contribution in [1.82, 2.24) is 0 Å². The molecule has 0 saturated carbocycles. The van der Waals surface area contributed by atoms with Crippen molar-refractivity contribution in [3.63, 3.8) is 0 Å². The van der Waals surface area contributed by atoms with E-state index < -0.39 is 0 Å². The Balaban J connectivity index is 2.24. The van der Waals surface area contributed by atoms with E-state index in [2.05, 4.69) is 5.32 Å². The van der Waals surface area contributed by atoms with Crippen molar-refractivity contribution in [1.29, 1.82) is 0 Å². The summed E-state index contributed by atoms with van der Waals surface area (Å²) in [7, 11) is 1.45. The fourth-order valence-corrected chi connectivity index (χ4v) is 1.94. The minimum absolute atomic E-state index is 0.0806. The molecule has 2 aromatic rings. The number of halogens is 1. The molecule has 0 aliphatic carbocycles. The molecular weight excluding hydrogens is 278 g/mol. The maximum absolute atomic E-state index is 12.1. The Labute approximate surface area is 122 Å². The number of benzene rings is 2. The quantitative estimate of drug-likeness (QED) is 0.908. The number of rotatable bonds is 3. The number of aromatic hydroxyl groups is 1. The number of methoxy groups -OCH3 is 1. The third kappa shape index (κ3) is 2.86. The van der Waals surface area contributed by atoms with Gasteiger partial charge in [-0.3, -0.25) is 4.79 Å². The molecule has 0 aromatic heterocycles. The fourth-order valence-electron chi connectivity index (χ4n) is 1.77. The van der Waals surface area contributed by atoms with Crippen LogP contribution in [0.25, 0.3) is 0 Å². The molecule has 0 aliphatic rings. The molecule has 2 aromatic carbocycles. The van der Waals surface area contributed by atoms with Crippen molar-refractivity contribution < 1.29 is 14.6 Å². The molecule has 2 rings (SSSR count). The average molecular weight is 292 g/mol. The smallest absolute Gasteiger partial charge is 0.255 e. The molecule has 104 valence electrons. The van der Waals surface area contributed by atoms with E-state index in [1.807, 2.05) is 6.92 Å². The highest BCUT2D eigenvalue weighted by Crippen LogP contribution is 2.27. The number of phenols is 1. The number of amides is 1. The molecule has 0 radical (unpaired) electrons. The standard InChI is InChI=1S/C15H14ClNO3/c1-9-11(16)4-3-5-12(9)17-15(19)10-6-7-14(20-2)13(18)8-10/h3-8,18H,1-2H3,(H,17,19). The molecule has 0 unspecified atom stereocenters. The molecule has 0 spiro atoms. The number of nitrogens with one attached hydrogen (secondary N) is 1. The van der Waals surface area contributed by atoms with Crippen LogP contribution in [0.5, 0.6) is 11.5 Å². The number of carbonyl (C=O) groups excluding carboxylic acids is 1. The number of hydrogen-bond donors (Lipinski definition) is 2. The molecule has 0 atom stereocenters. The maximum atomic E-state index is 12.1. The third-order valence-electron chi connectivity index (χ3n) is 2.96. The molecule has 20 heavy (non-hydrogen) atoms. The Morgan fingerprint density at radius 1 is 1.30 bits per heavy atom. The van der Waals surface area contributed by atoms with E-state index >= 15 is 0 Å². The van der Waals surface area contributed by atoms with Crippen molar-refractivity contribution in [2.45, 2.75) is 6.92 Å². The SMILES string of the molecule is COc1ccc(C(=O)Nc2cccc(Cl)c2C)cc1O. The number of anilines is 1. The number of hydrogen-bond acceptors (Lipinski definition) is 3. The van der Waals surface area contributed by atoms with Gasteiger partial charge in [0.25, 0.3) is 5.91 Å². The van der Waals surface area contributed by atoms with Crippen LogP contribution in [0, 0.1) is 6.92 Å². The monoisotopic (exact) mass is 291 g/mol. The van der Waals surface area contributed by atoms with E-state index in [0.717, 1.165) is 5.56 Å². The largest absolute Gasteiger partial charge is 0.504 e. The first kappa shape index (κ1) is 14.2. The van der Waals surface area contributed by atoms with Gasteiger partial charge in [-0.2, -0.15) is 0 Å². The predicted octanol–water partition coefficient (Wildman–Crippen LogP) is 3.61. The van der Waals surface area contributed by atoms with Gasteiger partial charge in [0.05, 0.1) is 7.11 Å². The lowest BCUT2D eigenvalue weighted by molar-refractivity contribution is 0.102. The Morgan fingerprint density at radius 2 is 2.05 bits per heavy atom. The number of carbonyl (C=O) groups is 1. The second kappa shape index (κ2) is 5.84. The van der Waals surface area contributed by atoms with Gasteiger partial charge < -0.3 is 15.2 Å². The predicted molar refractivity (Wildman–Crippen MR) is 78.8 cm³/mol. The van der Waals surface area contributed by atoms with E-state index in [4.69, 9.17) is 16.3 Å². The van der Waals surface area contributed by atoms with Crippen LogP contribution in [-0.4, -0.2) is 18.1 Å². The Morgan fingerprint density at radius 3 is 2.70 bits per heavy atom. The van der Waals surface area contributed by atoms with Gasteiger partial charge in [-0.1, -0.05) is 17.7 Å². The highest BCUT2D eigenvalue weighted by Gasteiger charge is 2.11. The molecule has 0 fully saturated rings. The van der Waals surface area contributed by atoms with Crippen LogP contribution in [0.2, 0.25) is 5.02 Å². The topological polar surface area (TPSA) is 58.6 Å². The van der Waals surface area contributed by atoms with E-state index in [0.29, 0.717) is 22.0 Å². The van der Waals surface area contributed by atoms with Crippen molar-refractivity contribution in [2.24, 2.45) is 0 Å². The van der Waals surface area contributed by atoms with Crippen LogP contribution < -0.4 is 10.1 Å². The fraction of sp³-hybridized carbons (Fsp3) is 0.133. The summed E-state index contributed by atoms with van der Waals surface area (Å²) in [4.78, 5) is 12.1. The zero-order valence-electron chi connectivity index (χ0n) is 11.1. The Kier molecular flexibility index (Phi) is 4.15. The van der Waals surface area contributed by atoms with Crippen molar-refractivity contribution in [3.8, 4) is 11.5 Å². The number of phenolic OH excluding ortho intramolecular Hbond substituents is 1. The molecule has 0 heterocycles. The second-order valence-corrected chi connectivity index (χ2v) is 4.66. The van der Waals surface area contributed by atoms with Crippen molar-refractivity contribution >= 4 is 23.2 Å². The summed E-state index contributed by atoms with van der Waals surface area (Å²) < 4.78 is 4.93. The normalized spacial score (nSPS) is 10.2. The van der Waals surface area contributed by atoms with Gasteiger partial charge in [0.1, 0.15) is 0 Å². The molecule has 0 saturated heterocycles. The molecule has 1 amide bonds. The summed E-state index contributed by atoms with van der Waals surface area (Å²) in [5, 5.41) is 13.0. The Bertz CT molecular complexity index is 656. The molecule has 2 N–H and O–H groups in total. The lowest BCUT2D eigenvalue weighted by Gasteiger charge is -2.10. The lowest BCUT2D eigenvalue weighted by Crippen LogP contribution is -2.12. The summed E-state index contributed by atoms with van der Waals surface area (Å²) in [6, 6.07) is 9.75. The first-order valence-corrected chi connectivity index (χ1v) is 6.34. The van der Waals surface area contributed by atoms with Crippen LogP contribution in [0.4, 0.5) is 5.69 Å². The molecule has 0 aliphatic heterocycles. The van der Waals surface area contributed by atoms with Gasteiger partial charge in [-0.05, 0) is 42.8 Å². The molecule has 5 heteroatoms. The van der Waals surface area contributed by atoms with E-state index in [9.17, 15) is 9.90 Å². The van der Waals surface area contributed by atoms with Gasteiger partial charge in [0, 0.05) is 16.3 Å². The zero-order valence-corrected chi connectivity index (χ0v) is 11.9. The van der Waals surface area contributed by atoms with Crippen LogP contribution in [0.3, 0.4) is 0 Å². The molecular formula is C15H14ClNO3. The van der Waals surface area contributed by atoms with Gasteiger partial charge in [0.15, 0.2) is 11.5 Å². The van der Waals surface area contributed by atoms with Gasteiger partial charge in [-0.25, -0.2) is 0 Å². The summed E-state index contributed by atoms with van der Waals surface area (Å²) in [6.45, 7) is 1.82. The Hall–Kier alpha value is -2.20. The van der Waals surface area contributed by atoms with E-state index in [-0.39, 0.29) is 11.7 Å². The third-order valence-corrected chi connectivity index (χ3v) is 3.37. The van der Waals surface area contributed by atoms with Gasteiger partial charge in [-0.15, -0.1) is 0 Å². The summed E-state index contributed by atoms with van der Waals surface area (Å²) >= 11 is 6.00. The minimum Gasteiger partial charge on any atom is -0.504 e. The highest BCUT2D eigenvalue weighted by atomic mass is 35.5. The van der Waals surface area contributed by atoms with Crippen molar-refractivity contribution in [2.75, 3.05) is 12.4 Å². The van der Waals surface area contributed by atoms with E-state index in [1.165, 1.54) is 19.2 Å². The van der Waals surface area contributed by atoms with Gasteiger partial charge in [0.2, 0.25) is 0 Å². The molecule has 0 bridgehead atoms. The second-order valence-electron chi connectivity index (χ2n) is 4.25. The summed E-state index contributed by atoms with van der Waals surface area (Å²) in [5.74, 6) is -0.0863. The number of ether oxygens (including phenoxy) is 1. The minimum atomic E-state index is -0.326. The van der Waals surface area contributed by atoms with Crippen LogP contribution in [0.15, 0.2) is 36.4 Å². The van der Waals surface area contributed by atoms with Crippen molar-refractivity contribution in [3.05, 3.63) is 52.5 Å². The lowest BCUT2D eigenvalue weighted by atomic mass is 10.1. The maximum Gasteiger partial charge on any atom is 0.255 e. The highest BCUT2D eigenvalue weighted by molar-refractivity contribution is 6.31. The first-order valence-electron chi connectivity index (χ1n) is 5.96. The molecule has 4 nitrogen and oxygen atoms in total. The van der Waals surface area contributed by atoms with Crippen LogP contribution >= 0.6 is 11.6 Å². The summed E-state index contributed by atoms with van der Waals surface area (Å²) in [6.07, 6.45) is 0. The van der Waals surface area contributed by atoms with Crippen LogP contribution in [0.1, 0.15) is 15.9 Å². The van der Waals surface area contributed by atoms with E-state index in [1.54, 1.807) is 24.3 Å².